The van der Waals surface area contributed by atoms with E-state index in [1.54, 1.807) is 0 Å². The Balaban J connectivity index is 2.41. The van der Waals surface area contributed by atoms with Crippen LogP contribution in [0.1, 0.15) is 16.9 Å². The van der Waals surface area contributed by atoms with E-state index in [1.165, 1.54) is 12.4 Å². The van der Waals surface area contributed by atoms with E-state index >= 15 is 0 Å². The van der Waals surface area contributed by atoms with E-state index in [0.29, 0.717) is 6.42 Å². The zero-order valence-electron chi connectivity index (χ0n) is 9.38. The standard InChI is InChI=1S/C9H14N4O3S/c1-17(15,16)4-2-3-12-9(14)7-5-11-6-8(10)13-7/h5-6H,2-4H2,1H3,(H2,10,13)(H,12,14). The van der Waals surface area contributed by atoms with Crippen molar-refractivity contribution >= 4 is 21.6 Å². The van der Waals surface area contributed by atoms with Crippen LogP contribution in [-0.4, -0.2) is 42.8 Å². The topological polar surface area (TPSA) is 115 Å². The fourth-order valence-corrected chi connectivity index (χ4v) is 1.79. The molecule has 0 aliphatic rings. The molecule has 0 unspecified atom stereocenters. The number of carbonyl (C=O) groups is 1. The van der Waals surface area contributed by atoms with Crippen LogP contribution in [0.3, 0.4) is 0 Å². The molecule has 0 aliphatic heterocycles. The van der Waals surface area contributed by atoms with Gasteiger partial charge in [0.15, 0.2) is 0 Å². The molecule has 0 fully saturated rings. The average Bonchev–Trinajstić information content (AvgIpc) is 2.23. The molecular weight excluding hydrogens is 244 g/mol. The highest BCUT2D eigenvalue weighted by Crippen LogP contribution is 1.97. The fraction of sp³-hybridized carbons (Fsp3) is 0.444. The monoisotopic (exact) mass is 258 g/mol. The van der Waals surface area contributed by atoms with Crippen molar-refractivity contribution in [3.8, 4) is 0 Å². The number of anilines is 1. The lowest BCUT2D eigenvalue weighted by Crippen LogP contribution is -2.27. The molecule has 1 aromatic rings. The predicted molar refractivity (Wildman–Crippen MR) is 63.1 cm³/mol. The molecule has 0 spiro atoms. The molecule has 0 atom stereocenters. The first-order chi connectivity index (χ1) is 7.88. The summed E-state index contributed by atoms with van der Waals surface area (Å²) in [6, 6.07) is 0. The van der Waals surface area contributed by atoms with Gasteiger partial charge in [0.2, 0.25) is 0 Å². The van der Waals surface area contributed by atoms with Crippen LogP contribution in [0.4, 0.5) is 5.82 Å². The number of nitrogens with one attached hydrogen (secondary N) is 1. The van der Waals surface area contributed by atoms with Gasteiger partial charge < -0.3 is 11.1 Å². The fourth-order valence-electron chi connectivity index (χ4n) is 1.12. The Morgan fingerprint density at radius 1 is 1.47 bits per heavy atom. The van der Waals surface area contributed by atoms with E-state index in [-0.39, 0.29) is 23.8 Å². The van der Waals surface area contributed by atoms with Crippen molar-refractivity contribution in [3.05, 3.63) is 18.1 Å². The SMILES string of the molecule is CS(=O)(=O)CCCNC(=O)c1cncc(N)n1. The van der Waals surface area contributed by atoms with Gasteiger partial charge in [0, 0.05) is 12.8 Å². The van der Waals surface area contributed by atoms with Gasteiger partial charge in [-0.25, -0.2) is 13.4 Å². The molecule has 17 heavy (non-hydrogen) atoms. The Morgan fingerprint density at radius 2 is 2.18 bits per heavy atom. The molecule has 0 aromatic carbocycles. The lowest BCUT2D eigenvalue weighted by atomic mass is 10.4. The van der Waals surface area contributed by atoms with Crippen LogP contribution in [0.15, 0.2) is 12.4 Å². The summed E-state index contributed by atoms with van der Waals surface area (Å²) in [5, 5.41) is 2.54. The number of sulfone groups is 1. The summed E-state index contributed by atoms with van der Waals surface area (Å²) in [6.45, 7) is 0.266. The Kier molecular flexibility index (Phi) is 4.38. The molecule has 0 radical (unpaired) electrons. The van der Waals surface area contributed by atoms with Crippen LogP contribution in [0.25, 0.3) is 0 Å². The third-order valence-corrected chi connectivity index (χ3v) is 2.89. The van der Waals surface area contributed by atoms with Gasteiger partial charge in [-0.1, -0.05) is 0 Å². The van der Waals surface area contributed by atoms with Crippen molar-refractivity contribution in [1.82, 2.24) is 15.3 Å². The highest BCUT2D eigenvalue weighted by atomic mass is 32.2. The van der Waals surface area contributed by atoms with Crippen LogP contribution in [0.2, 0.25) is 0 Å². The van der Waals surface area contributed by atoms with Gasteiger partial charge in [-0.2, -0.15) is 0 Å². The number of hydrogen-bond donors (Lipinski definition) is 2. The molecule has 0 saturated carbocycles. The molecule has 8 heteroatoms. The van der Waals surface area contributed by atoms with Crippen LogP contribution in [-0.2, 0) is 9.84 Å². The summed E-state index contributed by atoms with van der Waals surface area (Å²) in [6.07, 6.45) is 4.14. The van der Waals surface area contributed by atoms with Gasteiger partial charge in [-0.05, 0) is 6.42 Å². The molecule has 0 saturated heterocycles. The van der Waals surface area contributed by atoms with E-state index in [2.05, 4.69) is 15.3 Å². The summed E-state index contributed by atoms with van der Waals surface area (Å²) in [5.41, 5.74) is 5.49. The highest BCUT2D eigenvalue weighted by Gasteiger charge is 2.08. The number of carbonyl (C=O) groups excluding carboxylic acids is 1. The smallest absolute Gasteiger partial charge is 0.271 e. The van der Waals surface area contributed by atoms with E-state index in [0.717, 1.165) is 6.26 Å². The summed E-state index contributed by atoms with van der Waals surface area (Å²) < 4.78 is 21.7. The normalized spacial score (nSPS) is 11.1. The van der Waals surface area contributed by atoms with Crippen molar-refractivity contribution in [2.75, 3.05) is 24.3 Å². The molecule has 0 bridgehead atoms. The summed E-state index contributed by atoms with van der Waals surface area (Å²) in [7, 11) is -2.99. The molecule has 1 aromatic heterocycles. The molecule has 1 amide bonds. The third kappa shape index (κ3) is 5.25. The molecule has 1 heterocycles. The highest BCUT2D eigenvalue weighted by molar-refractivity contribution is 7.90. The number of nitrogens with zero attached hydrogens (tertiary/aromatic N) is 2. The summed E-state index contributed by atoms with van der Waals surface area (Å²) >= 11 is 0. The molecule has 3 N–H and O–H groups in total. The van der Waals surface area contributed by atoms with Gasteiger partial charge in [0.1, 0.15) is 21.3 Å². The van der Waals surface area contributed by atoms with Crippen molar-refractivity contribution in [1.29, 1.82) is 0 Å². The van der Waals surface area contributed by atoms with Crippen molar-refractivity contribution in [2.45, 2.75) is 6.42 Å². The minimum absolute atomic E-state index is 0.0376. The van der Waals surface area contributed by atoms with E-state index < -0.39 is 15.7 Å². The van der Waals surface area contributed by atoms with Crippen molar-refractivity contribution in [3.63, 3.8) is 0 Å². The zero-order chi connectivity index (χ0) is 12.9. The third-order valence-electron chi connectivity index (χ3n) is 1.86. The van der Waals surface area contributed by atoms with Crippen LogP contribution in [0, 0.1) is 0 Å². The lowest BCUT2D eigenvalue weighted by Gasteiger charge is -2.04. The number of aromatic nitrogens is 2. The van der Waals surface area contributed by atoms with E-state index in [1.807, 2.05) is 0 Å². The lowest BCUT2D eigenvalue weighted by molar-refractivity contribution is 0.0948. The average molecular weight is 258 g/mol. The second kappa shape index (κ2) is 5.58. The second-order valence-corrected chi connectivity index (χ2v) is 5.83. The Morgan fingerprint density at radius 3 is 2.76 bits per heavy atom. The predicted octanol–water partition coefficient (Wildman–Crippen LogP) is -0.777. The van der Waals surface area contributed by atoms with Crippen molar-refractivity contribution in [2.24, 2.45) is 0 Å². The molecular formula is C9H14N4O3S. The second-order valence-electron chi connectivity index (χ2n) is 3.57. The largest absolute Gasteiger partial charge is 0.382 e. The van der Waals surface area contributed by atoms with Gasteiger partial charge in [-0.15, -0.1) is 0 Å². The first kappa shape index (κ1) is 13.4. The van der Waals surface area contributed by atoms with Gasteiger partial charge in [0.25, 0.3) is 5.91 Å². The maximum Gasteiger partial charge on any atom is 0.271 e. The number of rotatable bonds is 5. The Bertz CT molecular complexity index is 501. The molecule has 94 valence electrons. The Labute approximate surface area is 99.4 Å². The number of nitrogen functional groups attached to an aromatic ring is 1. The Hall–Kier alpha value is -1.70. The number of hydrogen-bond acceptors (Lipinski definition) is 6. The first-order valence-corrected chi connectivity index (χ1v) is 6.98. The maximum atomic E-state index is 11.5. The van der Waals surface area contributed by atoms with E-state index in [9.17, 15) is 13.2 Å². The quantitative estimate of drug-likeness (QED) is 0.670. The first-order valence-electron chi connectivity index (χ1n) is 4.92. The number of amides is 1. The summed E-state index contributed by atoms with van der Waals surface area (Å²) in [5.74, 6) is -0.220. The van der Waals surface area contributed by atoms with E-state index in [4.69, 9.17) is 5.73 Å². The molecule has 7 nitrogen and oxygen atoms in total. The maximum absolute atomic E-state index is 11.5. The van der Waals surface area contributed by atoms with Crippen LogP contribution < -0.4 is 11.1 Å². The van der Waals surface area contributed by atoms with Crippen LogP contribution in [0.5, 0.6) is 0 Å². The zero-order valence-corrected chi connectivity index (χ0v) is 10.2. The minimum atomic E-state index is -2.99. The molecule has 1 rings (SSSR count). The number of nitrogens with two attached hydrogens (primary N) is 1. The van der Waals surface area contributed by atoms with Crippen molar-refractivity contribution < 1.29 is 13.2 Å². The van der Waals surface area contributed by atoms with Gasteiger partial charge in [0.05, 0.1) is 18.1 Å². The molecule has 0 aliphatic carbocycles. The van der Waals surface area contributed by atoms with Crippen LogP contribution >= 0.6 is 0 Å². The van der Waals surface area contributed by atoms with Gasteiger partial charge in [-0.3, -0.25) is 9.78 Å². The minimum Gasteiger partial charge on any atom is -0.382 e. The summed E-state index contributed by atoms with van der Waals surface area (Å²) in [4.78, 5) is 19.0. The van der Waals surface area contributed by atoms with Gasteiger partial charge >= 0.3 is 0 Å².